The molecule has 3 aromatic carbocycles. The van der Waals surface area contributed by atoms with Crippen LogP contribution >= 0.6 is 0 Å². The van der Waals surface area contributed by atoms with Gasteiger partial charge in [0.15, 0.2) is 17.4 Å². The summed E-state index contributed by atoms with van der Waals surface area (Å²) in [4.78, 5) is 42.4. The van der Waals surface area contributed by atoms with Crippen molar-refractivity contribution in [3.63, 3.8) is 0 Å². The zero-order chi connectivity index (χ0) is 35.4. The Hall–Kier alpha value is -4.68. The number of aliphatic hydroxyl groups excluding tert-OH is 1. The molecule has 2 heterocycles. The Balaban J connectivity index is 1.22. The second-order valence-electron chi connectivity index (χ2n) is 13.2. The molecule has 2 fully saturated rings. The number of aliphatic carboxylic acids is 1. The standard InChI is InChI=1S/C38H40F3N3O6/c39-30-14-15-31(40)37(36(30)41)50-16-4-7-23-8-10-25(11-9-23)29-17-26-21-43(33(46)18-28(45)19-34(47)48)22-32(42-26)35(29)38(49)44(27-12-13-27)20-24-5-2-1-3-6-24/h1-3,5-6,8-11,14-15,26-28,32,42,45H,4,7,12-13,16-22H2,(H,47,48)/t26-,28+,32-/m1/s1. The maximum atomic E-state index is 14.6. The number of aryl methyl sites for hydroxylation is 1. The van der Waals surface area contributed by atoms with E-state index in [1.165, 1.54) is 0 Å². The van der Waals surface area contributed by atoms with Crippen LogP contribution in [0.3, 0.4) is 0 Å². The molecule has 3 N–H and O–H groups in total. The quantitative estimate of drug-likeness (QED) is 0.163. The summed E-state index contributed by atoms with van der Waals surface area (Å²) in [7, 11) is 0. The Morgan fingerprint density at radius 1 is 0.920 bits per heavy atom. The molecule has 1 saturated carbocycles. The Morgan fingerprint density at radius 3 is 2.34 bits per heavy atom. The van der Waals surface area contributed by atoms with Crippen molar-refractivity contribution >= 4 is 23.4 Å². The molecule has 12 heteroatoms. The van der Waals surface area contributed by atoms with Crippen LogP contribution in [0.2, 0.25) is 0 Å². The number of aliphatic hydroxyl groups is 1. The second kappa shape index (κ2) is 15.5. The van der Waals surface area contributed by atoms with Crippen LogP contribution < -0.4 is 10.1 Å². The lowest BCUT2D eigenvalue weighted by molar-refractivity contribution is -0.141. The van der Waals surface area contributed by atoms with Crippen LogP contribution in [0.5, 0.6) is 5.75 Å². The van der Waals surface area contributed by atoms with Crippen LogP contribution in [0.4, 0.5) is 13.2 Å². The molecule has 0 spiro atoms. The van der Waals surface area contributed by atoms with Gasteiger partial charge >= 0.3 is 5.97 Å². The molecule has 1 aliphatic carbocycles. The third kappa shape index (κ3) is 8.36. The van der Waals surface area contributed by atoms with Crippen molar-refractivity contribution in [3.05, 3.63) is 106 Å². The van der Waals surface area contributed by atoms with Crippen molar-refractivity contribution in [3.8, 4) is 5.75 Å². The number of nitrogens with zero attached hydrogens (tertiary/aromatic N) is 2. The van der Waals surface area contributed by atoms with E-state index in [4.69, 9.17) is 9.84 Å². The lowest BCUT2D eigenvalue weighted by Gasteiger charge is -2.45. The highest BCUT2D eigenvalue weighted by atomic mass is 19.2. The molecule has 3 atom stereocenters. The number of carbonyl (C=O) groups is 3. The fraction of sp³-hybridized carbons (Fsp3) is 0.395. The van der Waals surface area contributed by atoms with Gasteiger partial charge in [-0.25, -0.2) is 8.78 Å². The van der Waals surface area contributed by atoms with Gasteiger partial charge < -0.3 is 30.1 Å². The molecule has 264 valence electrons. The van der Waals surface area contributed by atoms with Crippen LogP contribution in [-0.4, -0.2) is 81.7 Å². The van der Waals surface area contributed by atoms with Crippen molar-refractivity contribution in [1.29, 1.82) is 0 Å². The van der Waals surface area contributed by atoms with E-state index >= 15 is 0 Å². The maximum absolute atomic E-state index is 14.6. The Morgan fingerprint density at radius 2 is 1.64 bits per heavy atom. The first-order valence-corrected chi connectivity index (χ1v) is 16.9. The molecule has 2 aliphatic heterocycles. The minimum absolute atomic E-state index is 0.0150. The number of carbonyl (C=O) groups excluding carboxylic acids is 2. The molecule has 0 aromatic heterocycles. The van der Waals surface area contributed by atoms with E-state index in [1.807, 2.05) is 59.5 Å². The molecule has 9 nitrogen and oxygen atoms in total. The van der Waals surface area contributed by atoms with Crippen molar-refractivity contribution in [2.75, 3.05) is 19.7 Å². The van der Waals surface area contributed by atoms with Gasteiger partial charge in [-0.05, 0) is 66.5 Å². The average molecular weight is 692 g/mol. The highest BCUT2D eigenvalue weighted by Gasteiger charge is 2.43. The van der Waals surface area contributed by atoms with Crippen molar-refractivity contribution in [2.24, 2.45) is 0 Å². The Bertz CT molecular complexity index is 1750. The minimum Gasteiger partial charge on any atom is -0.488 e. The number of hydrogen-bond acceptors (Lipinski definition) is 6. The molecule has 0 unspecified atom stereocenters. The summed E-state index contributed by atoms with van der Waals surface area (Å²) in [5.74, 6) is -5.87. The third-order valence-corrected chi connectivity index (χ3v) is 9.41. The van der Waals surface area contributed by atoms with E-state index in [2.05, 4.69) is 5.32 Å². The number of rotatable bonds is 14. The molecule has 3 aliphatic rings. The number of ether oxygens (including phenoxy) is 1. The fourth-order valence-corrected chi connectivity index (χ4v) is 6.83. The monoisotopic (exact) mass is 691 g/mol. The van der Waals surface area contributed by atoms with E-state index < -0.39 is 47.7 Å². The van der Waals surface area contributed by atoms with Gasteiger partial charge in [0.25, 0.3) is 5.91 Å². The molecule has 1 saturated heterocycles. The lowest BCUT2D eigenvalue weighted by atomic mass is 9.82. The van der Waals surface area contributed by atoms with Gasteiger partial charge in [0.2, 0.25) is 11.7 Å². The molecule has 2 amide bonds. The topological polar surface area (TPSA) is 119 Å². The predicted octanol–water partition coefficient (Wildman–Crippen LogP) is 4.86. The van der Waals surface area contributed by atoms with Crippen LogP contribution in [0.15, 0.2) is 72.3 Å². The summed E-state index contributed by atoms with van der Waals surface area (Å²) in [5, 5.41) is 22.7. The van der Waals surface area contributed by atoms with E-state index in [0.29, 0.717) is 44.0 Å². The van der Waals surface area contributed by atoms with E-state index in [1.54, 1.807) is 4.90 Å². The number of nitrogens with one attached hydrogen (secondary N) is 1. The molecule has 2 bridgehead atoms. The predicted molar refractivity (Wildman–Crippen MR) is 178 cm³/mol. The van der Waals surface area contributed by atoms with Crippen LogP contribution in [-0.2, 0) is 27.3 Å². The minimum atomic E-state index is -1.35. The summed E-state index contributed by atoms with van der Waals surface area (Å²) < 4.78 is 46.6. The van der Waals surface area contributed by atoms with Crippen molar-refractivity contribution < 1.29 is 42.5 Å². The first-order chi connectivity index (χ1) is 24.1. The van der Waals surface area contributed by atoms with E-state index in [-0.39, 0.29) is 43.5 Å². The Kier molecular flexibility index (Phi) is 10.9. The highest BCUT2D eigenvalue weighted by molar-refractivity contribution is 6.03. The molecule has 0 radical (unpaired) electrons. The summed E-state index contributed by atoms with van der Waals surface area (Å²) in [6.07, 6.45) is 1.11. The number of fused-ring (bicyclic) bond motifs is 2. The summed E-state index contributed by atoms with van der Waals surface area (Å²) >= 11 is 0. The molecule has 6 rings (SSSR count). The first-order valence-electron chi connectivity index (χ1n) is 16.9. The van der Waals surface area contributed by atoms with Gasteiger partial charge in [-0.2, -0.15) is 4.39 Å². The highest BCUT2D eigenvalue weighted by Crippen LogP contribution is 2.37. The number of hydrogen-bond donors (Lipinski definition) is 3. The van der Waals surface area contributed by atoms with Gasteiger partial charge in [0.1, 0.15) is 0 Å². The number of carboxylic acids is 1. The van der Waals surface area contributed by atoms with E-state index in [9.17, 15) is 32.7 Å². The summed E-state index contributed by atoms with van der Waals surface area (Å²) in [6.45, 7) is 0.986. The van der Waals surface area contributed by atoms with Crippen LogP contribution in [0, 0.1) is 17.5 Å². The number of halogens is 3. The number of amides is 2. The van der Waals surface area contributed by atoms with Gasteiger partial charge in [-0.15, -0.1) is 0 Å². The zero-order valence-corrected chi connectivity index (χ0v) is 27.5. The van der Waals surface area contributed by atoms with Gasteiger partial charge in [-0.1, -0.05) is 54.6 Å². The van der Waals surface area contributed by atoms with Crippen molar-refractivity contribution in [2.45, 2.75) is 75.7 Å². The SMILES string of the molecule is O=C(O)C[C@@H](O)CC(=O)N1C[C@H]2CC(c3ccc(CCCOc4c(F)ccc(F)c4F)cc3)=C(C(=O)N(Cc3ccccc3)C3CC3)[C@@H](C1)N2. The van der Waals surface area contributed by atoms with Crippen LogP contribution in [0.25, 0.3) is 5.57 Å². The smallest absolute Gasteiger partial charge is 0.305 e. The third-order valence-electron chi connectivity index (χ3n) is 9.41. The number of benzene rings is 3. The molecule has 50 heavy (non-hydrogen) atoms. The summed E-state index contributed by atoms with van der Waals surface area (Å²) in [5.41, 5.74) is 4.32. The number of piperazine rings is 1. The van der Waals surface area contributed by atoms with Crippen molar-refractivity contribution in [1.82, 2.24) is 15.1 Å². The largest absolute Gasteiger partial charge is 0.488 e. The molecular weight excluding hydrogens is 651 g/mol. The first kappa shape index (κ1) is 35.2. The maximum Gasteiger partial charge on any atom is 0.305 e. The lowest BCUT2D eigenvalue weighted by Crippen LogP contribution is -2.62. The number of carboxylic acid groups (broad SMARTS) is 1. The van der Waals surface area contributed by atoms with Crippen LogP contribution in [0.1, 0.15) is 55.2 Å². The van der Waals surface area contributed by atoms with Gasteiger partial charge in [-0.3, -0.25) is 14.4 Å². The average Bonchev–Trinajstić information content (AvgIpc) is 3.94. The second-order valence-corrected chi connectivity index (χ2v) is 13.2. The summed E-state index contributed by atoms with van der Waals surface area (Å²) in [6, 6.07) is 18.6. The van der Waals surface area contributed by atoms with E-state index in [0.717, 1.165) is 41.2 Å². The molecular formula is C38H40F3N3O6. The fourth-order valence-electron chi connectivity index (χ4n) is 6.83. The van der Waals surface area contributed by atoms with Gasteiger partial charge in [0, 0.05) is 37.3 Å². The zero-order valence-electron chi connectivity index (χ0n) is 27.5. The normalized spacial score (nSPS) is 19.2. The Labute approximate surface area is 288 Å². The van der Waals surface area contributed by atoms with Gasteiger partial charge in [0.05, 0.1) is 31.6 Å². The molecule has 3 aromatic rings.